The SMILES string of the molecule is COc1cc(C)ccc1C(=O)Cc1ccccc1F. The Labute approximate surface area is 111 Å². The number of carbonyl (C=O) groups is 1. The fourth-order valence-electron chi connectivity index (χ4n) is 1.94. The predicted molar refractivity (Wildman–Crippen MR) is 72.2 cm³/mol. The van der Waals surface area contributed by atoms with Gasteiger partial charge in [-0.3, -0.25) is 4.79 Å². The molecule has 0 aromatic heterocycles. The highest BCUT2D eigenvalue weighted by molar-refractivity contribution is 6.00. The van der Waals surface area contributed by atoms with E-state index in [-0.39, 0.29) is 18.0 Å². The molecule has 0 heterocycles. The summed E-state index contributed by atoms with van der Waals surface area (Å²) in [5.41, 5.74) is 1.89. The van der Waals surface area contributed by atoms with E-state index in [9.17, 15) is 9.18 Å². The Balaban J connectivity index is 2.28. The van der Waals surface area contributed by atoms with Gasteiger partial charge < -0.3 is 4.74 Å². The first-order valence-electron chi connectivity index (χ1n) is 6.03. The number of halogens is 1. The maximum Gasteiger partial charge on any atom is 0.171 e. The van der Waals surface area contributed by atoms with Crippen molar-refractivity contribution in [1.29, 1.82) is 0 Å². The van der Waals surface area contributed by atoms with Crippen molar-refractivity contribution in [3.63, 3.8) is 0 Å². The van der Waals surface area contributed by atoms with Crippen LogP contribution in [0.3, 0.4) is 0 Å². The van der Waals surface area contributed by atoms with E-state index >= 15 is 0 Å². The second kappa shape index (κ2) is 5.65. The van der Waals surface area contributed by atoms with Gasteiger partial charge in [-0.2, -0.15) is 0 Å². The maximum atomic E-state index is 13.5. The summed E-state index contributed by atoms with van der Waals surface area (Å²) in [6.45, 7) is 1.92. The number of Topliss-reactive ketones (excluding diaryl/α,β-unsaturated/α-hetero) is 1. The van der Waals surface area contributed by atoms with Gasteiger partial charge in [-0.25, -0.2) is 4.39 Å². The third-order valence-electron chi connectivity index (χ3n) is 2.97. The number of methoxy groups -OCH3 is 1. The molecular weight excluding hydrogens is 243 g/mol. The maximum absolute atomic E-state index is 13.5. The number of rotatable bonds is 4. The van der Waals surface area contributed by atoms with Crippen LogP contribution < -0.4 is 4.74 Å². The molecule has 2 aromatic rings. The van der Waals surface area contributed by atoms with Gasteiger partial charge in [-0.1, -0.05) is 24.3 Å². The molecule has 0 atom stereocenters. The lowest BCUT2D eigenvalue weighted by Crippen LogP contribution is -2.07. The summed E-state index contributed by atoms with van der Waals surface area (Å²) in [5.74, 6) is 0.0187. The van der Waals surface area contributed by atoms with Gasteiger partial charge in [0.25, 0.3) is 0 Å². The molecule has 0 fully saturated rings. The van der Waals surface area contributed by atoms with Crippen molar-refractivity contribution in [2.24, 2.45) is 0 Å². The molecule has 98 valence electrons. The molecule has 0 radical (unpaired) electrons. The Morgan fingerprint density at radius 3 is 2.63 bits per heavy atom. The van der Waals surface area contributed by atoms with Gasteiger partial charge in [0.15, 0.2) is 5.78 Å². The van der Waals surface area contributed by atoms with Gasteiger partial charge >= 0.3 is 0 Å². The minimum atomic E-state index is -0.359. The molecular formula is C16H15FO2. The van der Waals surface area contributed by atoms with E-state index in [1.54, 1.807) is 30.3 Å². The summed E-state index contributed by atoms with van der Waals surface area (Å²) in [5, 5.41) is 0. The highest BCUT2D eigenvalue weighted by Gasteiger charge is 2.14. The number of carbonyl (C=O) groups excluding carboxylic acids is 1. The van der Waals surface area contributed by atoms with E-state index in [1.807, 2.05) is 13.0 Å². The first kappa shape index (κ1) is 13.3. The van der Waals surface area contributed by atoms with Crippen LogP contribution in [0.2, 0.25) is 0 Å². The van der Waals surface area contributed by atoms with Gasteiger partial charge in [0, 0.05) is 6.42 Å². The zero-order valence-corrected chi connectivity index (χ0v) is 10.9. The summed E-state index contributed by atoms with van der Waals surface area (Å²) < 4.78 is 18.7. The molecule has 0 aliphatic rings. The zero-order chi connectivity index (χ0) is 13.8. The van der Waals surface area contributed by atoms with Crippen molar-refractivity contribution in [1.82, 2.24) is 0 Å². The summed E-state index contributed by atoms with van der Waals surface area (Å²) in [4.78, 5) is 12.2. The monoisotopic (exact) mass is 258 g/mol. The number of aryl methyl sites for hydroxylation is 1. The predicted octanol–water partition coefficient (Wildman–Crippen LogP) is 3.57. The molecule has 3 heteroatoms. The smallest absolute Gasteiger partial charge is 0.171 e. The summed E-state index contributed by atoms with van der Waals surface area (Å²) in [7, 11) is 1.52. The largest absolute Gasteiger partial charge is 0.496 e. The van der Waals surface area contributed by atoms with E-state index < -0.39 is 0 Å². The molecule has 0 bridgehead atoms. The van der Waals surface area contributed by atoms with Gasteiger partial charge in [0.05, 0.1) is 12.7 Å². The lowest BCUT2D eigenvalue weighted by atomic mass is 10.0. The normalized spacial score (nSPS) is 10.3. The molecule has 0 aliphatic carbocycles. The molecule has 0 spiro atoms. The highest BCUT2D eigenvalue weighted by Crippen LogP contribution is 2.22. The molecule has 2 aromatic carbocycles. The van der Waals surface area contributed by atoms with Crippen LogP contribution in [0.1, 0.15) is 21.5 Å². The quantitative estimate of drug-likeness (QED) is 0.784. The van der Waals surface area contributed by atoms with E-state index in [2.05, 4.69) is 0 Å². The Kier molecular flexibility index (Phi) is 3.95. The number of ether oxygens (including phenoxy) is 1. The zero-order valence-electron chi connectivity index (χ0n) is 10.9. The molecule has 0 saturated heterocycles. The number of ketones is 1. The fourth-order valence-corrected chi connectivity index (χ4v) is 1.94. The van der Waals surface area contributed by atoms with E-state index in [4.69, 9.17) is 4.74 Å². The van der Waals surface area contributed by atoms with E-state index in [0.717, 1.165) is 5.56 Å². The van der Waals surface area contributed by atoms with Crippen molar-refractivity contribution in [3.05, 3.63) is 65.0 Å². The van der Waals surface area contributed by atoms with Crippen molar-refractivity contribution < 1.29 is 13.9 Å². The second-order valence-corrected chi connectivity index (χ2v) is 4.40. The Bertz CT molecular complexity index is 605. The first-order chi connectivity index (χ1) is 9.11. The van der Waals surface area contributed by atoms with Crippen LogP contribution in [0, 0.1) is 12.7 Å². The van der Waals surface area contributed by atoms with Gasteiger partial charge in [0.2, 0.25) is 0 Å². The average molecular weight is 258 g/mol. The lowest BCUT2D eigenvalue weighted by molar-refractivity contribution is 0.0989. The second-order valence-electron chi connectivity index (χ2n) is 4.40. The third kappa shape index (κ3) is 2.99. The molecule has 0 unspecified atom stereocenters. The molecule has 0 N–H and O–H groups in total. The highest BCUT2D eigenvalue weighted by atomic mass is 19.1. The number of hydrogen-bond donors (Lipinski definition) is 0. The van der Waals surface area contributed by atoms with Gasteiger partial charge in [0.1, 0.15) is 11.6 Å². The molecule has 0 aliphatic heterocycles. The van der Waals surface area contributed by atoms with Crippen molar-refractivity contribution in [2.75, 3.05) is 7.11 Å². The van der Waals surface area contributed by atoms with Crippen LogP contribution in [-0.4, -0.2) is 12.9 Å². The lowest BCUT2D eigenvalue weighted by Gasteiger charge is -2.09. The molecule has 0 saturated carbocycles. The van der Waals surface area contributed by atoms with E-state index in [1.165, 1.54) is 13.2 Å². The van der Waals surface area contributed by atoms with Crippen molar-refractivity contribution in [3.8, 4) is 5.75 Å². The molecule has 2 rings (SSSR count). The first-order valence-corrected chi connectivity index (χ1v) is 6.03. The third-order valence-corrected chi connectivity index (χ3v) is 2.97. The standard InChI is InChI=1S/C16H15FO2/c1-11-7-8-13(16(9-11)19-2)15(18)10-12-5-3-4-6-14(12)17/h3-9H,10H2,1-2H3. The Morgan fingerprint density at radius 2 is 1.95 bits per heavy atom. The van der Waals surface area contributed by atoms with Crippen LogP contribution >= 0.6 is 0 Å². The van der Waals surface area contributed by atoms with Crippen LogP contribution in [-0.2, 0) is 6.42 Å². The molecule has 0 amide bonds. The van der Waals surface area contributed by atoms with Crippen molar-refractivity contribution in [2.45, 2.75) is 13.3 Å². The van der Waals surface area contributed by atoms with Crippen LogP contribution in [0.4, 0.5) is 4.39 Å². The summed E-state index contributed by atoms with van der Waals surface area (Å²) in [6.07, 6.45) is 0.0338. The molecule has 19 heavy (non-hydrogen) atoms. The minimum absolute atomic E-state index is 0.0338. The van der Waals surface area contributed by atoms with Crippen LogP contribution in [0.15, 0.2) is 42.5 Å². The Morgan fingerprint density at radius 1 is 1.21 bits per heavy atom. The number of hydrogen-bond acceptors (Lipinski definition) is 2. The fraction of sp³-hybridized carbons (Fsp3) is 0.188. The minimum Gasteiger partial charge on any atom is -0.496 e. The average Bonchev–Trinajstić information content (AvgIpc) is 2.41. The van der Waals surface area contributed by atoms with Gasteiger partial charge in [-0.05, 0) is 36.2 Å². The van der Waals surface area contributed by atoms with Gasteiger partial charge in [-0.15, -0.1) is 0 Å². The van der Waals surface area contributed by atoms with Crippen molar-refractivity contribution >= 4 is 5.78 Å². The summed E-state index contributed by atoms with van der Waals surface area (Å²) >= 11 is 0. The molecule has 2 nitrogen and oxygen atoms in total. The summed E-state index contributed by atoms with van der Waals surface area (Å²) in [6, 6.07) is 11.7. The number of benzene rings is 2. The van der Waals surface area contributed by atoms with E-state index in [0.29, 0.717) is 16.9 Å². The van der Waals surface area contributed by atoms with Crippen LogP contribution in [0.25, 0.3) is 0 Å². The Hall–Kier alpha value is -2.16. The topological polar surface area (TPSA) is 26.3 Å². The van der Waals surface area contributed by atoms with Crippen LogP contribution in [0.5, 0.6) is 5.75 Å².